The van der Waals surface area contributed by atoms with Crippen molar-refractivity contribution in [3.05, 3.63) is 22.7 Å². The summed E-state index contributed by atoms with van der Waals surface area (Å²) < 4.78 is 1.08. The molecule has 2 atom stereocenters. The summed E-state index contributed by atoms with van der Waals surface area (Å²) in [5.74, 6) is 0.884. The van der Waals surface area contributed by atoms with Crippen LogP contribution in [0.5, 0.6) is 0 Å². The molecule has 0 spiro atoms. The van der Waals surface area contributed by atoms with E-state index in [-0.39, 0.29) is 0 Å². The second-order valence-corrected chi connectivity index (χ2v) is 5.93. The van der Waals surface area contributed by atoms with Crippen LogP contribution in [-0.4, -0.2) is 6.04 Å². The van der Waals surface area contributed by atoms with Gasteiger partial charge in [-0.1, -0.05) is 42.1 Å². The van der Waals surface area contributed by atoms with Gasteiger partial charge in [-0.05, 0) is 37.0 Å². The lowest BCUT2D eigenvalue weighted by Crippen LogP contribution is -2.27. The van der Waals surface area contributed by atoms with Crippen molar-refractivity contribution < 1.29 is 0 Å². The minimum Gasteiger partial charge on any atom is -0.397 e. The molecule has 2 unspecified atom stereocenters. The first-order valence-corrected chi connectivity index (χ1v) is 7.30. The summed E-state index contributed by atoms with van der Waals surface area (Å²) in [5.41, 5.74) is 7.90. The molecule has 1 saturated carbocycles. The summed E-state index contributed by atoms with van der Waals surface area (Å²) in [6.45, 7) is 2.29. The first-order valence-electron chi connectivity index (χ1n) is 6.50. The molecule has 3 N–H and O–H groups in total. The largest absolute Gasteiger partial charge is 0.397 e. The van der Waals surface area contributed by atoms with E-state index in [4.69, 9.17) is 5.73 Å². The predicted molar refractivity (Wildman–Crippen MR) is 78.2 cm³/mol. The molecule has 0 aromatic heterocycles. The molecule has 1 aliphatic carbocycles. The Morgan fingerprint density at radius 2 is 2.24 bits per heavy atom. The number of hydrogen-bond donors (Lipinski definition) is 2. The molecule has 3 heteroatoms. The van der Waals surface area contributed by atoms with Gasteiger partial charge in [0.15, 0.2) is 0 Å². The quantitative estimate of drug-likeness (QED) is 0.811. The SMILES string of the molecule is CCC1CCCC(Nc2cc(Br)ccc2N)C1. The molecule has 94 valence electrons. The van der Waals surface area contributed by atoms with Gasteiger partial charge in [0, 0.05) is 10.5 Å². The van der Waals surface area contributed by atoms with Crippen molar-refractivity contribution in [1.29, 1.82) is 0 Å². The Bertz CT molecular complexity index is 378. The third-order valence-corrected chi connectivity index (χ3v) is 4.23. The van der Waals surface area contributed by atoms with Gasteiger partial charge in [-0.25, -0.2) is 0 Å². The van der Waals surface area contributed by atoms with Crippen molar-refractivity contribution in [3.8, 4) is 0 Å². The van der Waals surface area contributed by atoms with E-state index in [1.54, 1.807) is 0 Å². The number of rotatable bonds is 3. The molecule has 2 nitrogen and oxygen atoms in total. The maximum absolute atomic E-state index is 5.99. The van der Waals surface area contributed by atoms with Gasteiger partial charge in [-0.15, -0.1) is 0 Å². The van der Waals surface area contributed by atoms with Crippen molar-refractivity contribution in [1.82, 2.24) is 0 Å². The lowest BCUT2D eigenvalue weighted by molar-refractivity contribution is 0.327. The Kier molecular flexibility index (Phi) is 4.32. The molecule has 1 aliphatic rings. The first kappa shape index (κ1) is 12.7. The minimum atomic E-state index is 0.588. The highest BCUT2D eigenvalue weighted by atomic mass is 79.9. The molecule has 1 aromatic carbocycles. The summed E-state index contributed by atoms with van der Waals surface area (Å²) in [4.78, 5) is 0. The molecule has 0 radical (unpaired) electrons. The zero-order chi connectivity index (χ0) is 12.3. The van der Waals surface area contributed by atoms with Crippen molar-refractivity contribution in [2.24, 2.45) is 5.92 Å². The summed E-state index contributed by atoms with van der Waals surface area (Å²) in [5, 5.41) is 3.60. The summed E-state index contributed by atoms with van der Waals surface area (Å²) in [6, 6.07) is 6.60. The van der Waals surface area contributed by atoms with Crippen LogP contribution in [0.2, 0.25) is 0 Å². The third kappa shape index (κ3) is 3.38. The standard InChI is InChI=1S/C14H21BrN2/c1-2-10-4-3-5-12(8-10)17-14-9-11(15)6-7-13(14)16/h6-7,9-10,12,17H,2-5,8,16H2,1H3. The van der Waals surface area contributed by atoms with Gasteiger partial charge < -0.3 is 11.1 Å². The first-order chi connectivity index (χ1) is 8.19. The number of halogens is 1. The van der Waals surface area contributed by atoms with Gasteiger partial charge >= 0.3 is 0 Å². The zero-order valence-corrected chi connectivity index (χ0v) is 12.0. The fraction of sp³-hybridized carbons (Fsp3) is 0.571. The van der Waals surface area contributed by atoms with Crippen molar-refractivity contribution in [3.63, 3.8) is 0 Å². The van der Waals surface area contributed by atoms with Gasteiger partial charge in [0.1, 0.15) is 0 Å². The Balaban J connectivity index is 2.02. The molecule has 17 heavy (non-hydrogen) atoms. The van der Waals surface area contributed by atoms with Crippen LogP contribution in [0, 0.1) is 5.92 Å². The highest BCUT2D eigenvalue weighted by Crippen LogP contribution is 2.31. The van der Waals surface area contributed by atoms with Crippen LogP contribution >= 0.6 is 15.9 Å². The van der Waals surface area contributed by atoms with Gasteiger partial charge in [0.05, 0.1) is 11.4 Å². The van der Waals surface area contributed by atoms with E-state index >= 15 is 0 Å². The van der Waals surface area contributed by atoms with Crippen LogP contribution < -0.4 is 11.1 Å². The van der Waals surface area contributed by atoms with E-state index in [0.29, 0.717) is 6.04 Å². The van der Waals surface area contributed by atoms with Crippen molar-refractivity contribution in [2.45, 2.75) is 45.1 Å². The average molecular weight is 297 g/mol. The fourth-order valence-electron chi connectivity index (χ4n) is 2.67. The van der Waals surface area contributed by atoms with E-state index in [9.17, 15) is 0 Å². The maximum atomic E-state index is 5.99. The normalized spacial score (nSPS) is 24.6. The second-order valence-electron chi connectivity index (χ2n) is 5.01. The number of hydrogen-bond acceptors (Lipinski definition) is 2. The number of benzene rings is 1. The van der Waals surface area contributed by atoms with Gasteiger partial charge in [-0.3, -0.25) is 0 Å². The van der Waals surface area contributed by atoms with Crippen LogP contribution in [0.15, 0.2) is 22.7 Å². The Labute approximate surface area is 112 Å². The Hall–Kier alpha value is -0.700. The average Bonchev–Trinajstić information content (AvgIpc) is 2.34. The van der Waals surface area contributed by atoms with Crippen LogP contribution in [-0.2, 0) is 0 Å². The third-order valence-electron chi connectivity index (χ3n) is 3.74. The molecule has 0 bridgehead atoms. The Morgan fingerprint density at radius 1 is 1.41 bits per heavy atom. The summed E-state index contributed by atoms with van der Waals surface area (Å²) in [7, 11) is 0. The van der Waals surface area contributed by atoms with E-state index in [2.05, 4.69) is 34.2 Å². The van der Waals surface area contributed by atoms with Crippen LogP contribution in [0.25, 0.3) is 0 Å². The lowest BCUT2D eigenvalue weighted by atomic mass is 9.84. The van der Waals surface area contributed by atoms with Crippen molar-refractivity contribution >= 4 is 27.3 Å². The van der Waals surface area contributed by atoms with Gasteiger partial charge in [-0.2, -0.15) is 0 Å². The zero-order valence-electron chi connectivity index (χ0n) is 10.4. The minimum absolute atomic E-state index is 0.588. The molecule has 0 saturated heterocycles. The number of nitrogens with two attached hydrogens (primary N) is 1. The van der Waals surface area contributed by atoms with E-state index in [1.807, 2.05) is 12.1 Å². The lowest BCUT2D eigenvalue weighted by Gasteiger charge is -2.30. The van der Waals surface area contributed by atoms with Crippen molar-refractivity contribution in [2.75, 3.05) is 11.1 Å². The molecule has 0 amide bonds. The van der Waals surface area contributed by atoms with Crippen LogP contribution in [0.1, 0.15) is 39.0 Å². The van der Waals surface area contributed by atoms with E-state index in [0.717, 1.165) is 21.8 Å². The fourth-order valence-corrected chi connectivity index (χ4v) is 3.03. The predicted octanol–water partition coefficient (Wildman–Crippen LogP) is 4.41. The monoisotopic (exact) mass is 296 g/mol. The summed E-state index contributed by atoms with van der Waals surface area (Å²) >= 11 is 3.49. The molecule has 0 aliphatic heterocycles. The van der Waals surface area contributed by atoms with Gasteiger partial charge in [0.2, 0.25) is 0 Å². The molecule has 0 heterocycles. The molecule has 1 aromatic rings. The molecule has 2 rings (SSSR count). The maximum Gasteiger partial charge on any atom is 0.0587 e. The van der Waals surface area contributed by atoms with Gasteiger partial charge in [0.25, 0.3) is 0 Å². The van der Waals surface area contributed by atoms with Crippen LogP contribution in [0.3, 0.4) is 0 Å². The number of anilines is 2. The highest BCUT2D eigenvalue weighted by Gasteiger charge is 2.20. The Morgan fingerprint density at radius 3 is 3.00 bits per heavy atom. The molecular weight excluding hydrogens is 276 g/mol. The highest BCUT2D eigenvalue weighted by molar-refractivity contribution is 9.10. The topological polar surface area (TPSA) is 38.0 Å². The molecule has 1 fully saturated rings. The summed E-state index contributed by atoms with van der Waals surface area (Å²) in [6.07, 6.45) is 6.57. The van der Waals surface area contributed by atoms with E-state index < -0.39 is 0 Å². The number of nitrogens with one attached hydrogen (secondary N) is 1. The van der Waals surface area contributed by atoms with Crippen LogP contribution in [0.4, 0.5) is 11.4 Å². The smallest absolute Gasteiger partial charge is 0.0587 e. The second kappa shape index (κ2) is 5.76. The van der Waals surface area contributed by atoms with E-state index in [1.165, 1.54) is 32.1 Å². The molecular formula is C14H21BrN2. The number of nitrogen functional groups attached to an aromatic ring is 1.